The van der Waals surface area contributed by atoms with E-state index in [-0.39, 0.29) is 11.0 Å². The van der Waals surface area contributed by atoms with E-state index in [1.165, 1.54) is 27.9 Å². The van der Waals surface area contributed by atoms with Gasteiger partial charge in [-0.2, -0.15) is 0 Å². The molecule has 2 bridgehead atoms. The molecule has 3 aromatic carbocycles. The first-order chi connectivity index (χ1) is 13.1. The Balaban J connectivity index is 1.68. The maximum absolute atomic E-state index is 2.61. The van der Waals surface area contributed by atoms with Gasteiger partial charge in [0.05, 0.1) is 11.0 Å². The number of hydrogen-bond donors (Lipinski definition) is 0. The second-order valence-corrected chi connectivity index (χ2v) is 8.62. The SMILES string of the molecule is CC1(C)C2=CC3c4ccccc4C2(CN1c1ccccc1)c1ccccc13. The molecule has 1 heterocycles. The van der Waals surface area contributed by atoms with Gasteiger partial charge in [-0.25, -0.2) is 0 Å². The van der Waals surface area contributed by atoms with Crippen molar-refractivity contribution in [2.75, 3.05) is 11.4 Å². The van der Waals surface area contributed by atoms with Crippen LogP contribution in [0.5, 0.6) is 0 Å². The van der Waals surface area contributed by atoms with E-state index in [2.05, 4.69) is 104 Å². The summed E-state index contributed by atoms with van der Waals surface area (Å²) in [7, 11) is 0. The lowest BCUT2D eigenvalue weighted by Crippen LogP contribution is -2.42. The van der Waals surface area contributed by atoms with Crippen LogP contribution in [0.4, 0.5) is 5.69 Å². The van der Waals surface area contributed by atoms with Gasteiger partial charge >= 0.3 is 0 Å². The van der Waals surface area contributed by atoms with Crippen molar-refractivity contribution in [1.29, 1.82) is 0 Å². The molecular weight excluding hydrogens is 326 g/mol. The Morgan fingerprint density at radius 2 is 1.30 bits per heavy atom. The normalized spacial score (nSPS) is 26.2. The Bertz CT molecular complexity index is 1040. The number of hydrogen-bond acceptors (Lipinski definition) is 1. The third kappa shape index (κ3) is 1.71. The minimum absolute atomic E-state index is 0.0132. The lowest BCUT2D eigenvalue weighted by atomic mass is 9.54. The fraction of sp³-hybridized carbons (Fsp3) is 0.231. The summed E-state index contributed by atoms with van der Waals surface area (Å²) >= 11 is 0. The summed E-state index contributed by atoms with van der Waals surface area (Å²) in [5.41, 5.74) is 8.83. The van der Waals surface area contributed by atoms with Gasteiger partial charge in [-0.05, 0) is 53.8 Å². The average molecular weight is 349 g/mol. The zero-order valence-corrected chi connectivity index (χ0v) is 15.8. The molecule has 1 aliphatic heterocycles. The van der Waals surface area contributed by atoms with E-state index in [1.807, 2.05) is 0 Å². The van der Waals surface area contributed by atoms with Crippen molar-refractivity contribution in [1.82, 2.24) is 0 Å². The number of allylic oxidation sites excluding steroid dienone is 1. The molecule has 1 fully saturated rings. The van der Waals surface area contributed by atoms with Crippen LogP contribution in [0.2, 0.25) is 0 Å². The van der Waals surface area contributed by atoms with E-state index in [0.29, 0.717) is 5.92 Å². The summed E-state index contributed by atoms with van der Waals surface area (Å²) in [6, 6.07) is 29.1. The summed E-state index contributed by atoms with van der Waals surface area (Å²) < 4.78 is 0. The maximum atomic E-state index is 2.61. The highest BCUT2D eigenvalue weighted by molar-refractivity contribution is 5.74. The molecule has 1 spiro atoms. The first kappa shape index (κ1) is 15.3. The topological polar surface area (TPSA) is 3.24 Å². The minimum Gasteiger partial charge on any atom is -0.361 e. The number of anilines is 1. The molecule has 3 aromatic rings. The molecule has 0 radical (unpaired) electrons. The third-order valence-electron chi connectivity index (χ3n) is 7.10. The van der Waals surface area contributed by atoms with E-state index in [9.17, 15) is 0 Å². The van der Waals surface area contributed by atoms with Gasteiger partial charge in [0.25, 0.3) is 0 Å². The van der Waals surface area contributed by atoms with Crippen molar-refractivity contribution in [3.8, 4) is 0 Å². The molecule has 27 heavy (non-hydrogen) atoms. The monoisotopic (exact) mass is 349 g/mol. The zero-order valence-electron chi connectivity index (χ0n) is 15.8. The first-order valence-electron chi connectivity index (χ1n) is 9.88. The fourth-order valence-corrected chi connectivity index (χ4v) is 5.99. The van der Waals surface area contributed by atoms with Crippen LogP contribution in [-0.4, -0.2) is 12.1 Å². The molecule has 7 rings (SSSR count). The van der Waals surface area contributed by atoms with Crippen molar-refractivity contribution < 1.29 is 0 Å². The quantitative estimate of drug-likeness (QED) is 0.513. The van der Waals surface area contributed by atoms with Crippen molar-refractivity contribution in [2.45, 2.75) is 30.7 Å². The second-order valence-electron chi connectivity index (χ2n) is 8.62. The lowest BCUT2D eigenvalue weighted by Gasteiger charge is -2.47. The van der Waals surface area contributed by atoms with Crippen molar-refractivity contribution in [3.05, 3.63) is 113 Å². The zero-order chi connectivity index (χ0) is 18.2. The van der Waals surface area contributed by atoms with Crippen LogP contribution in [0.15, 0.2) is 90.5 Å². The maximum Gasteiger partial charge on any atom is 0.0615 e. The van der Waals surface area contributed by atoms with Gasteiger partial charge < -0.3 is 4.90 Å². The summed E-state index contributed by atoms with van der Waals surface area (Å²) in [4.78, 5) is 2.61. The summed E-state index contributed by atoms with van der Waals surface area (Å²) in [5.74, 6) is 0.379. The van der Waals surface area contributed by atoms with Crippen LogP contribution < -0.4 is 4.90 Å². The van der Waals surface area contributed by atoms with Crippen LogP contribution in [0, 0.1) is 0 Å². The van der Waals surface area contributed by atoms with Gasteiger partial charge in [0.15, 0.2) is 0 Å². The molecule has 4 aliphatic rings. The first-order valence-corrected chi connectivity index (χ1v) is 9.88. The van der Waals surface area contributed by atoms with Gasteiger partial charge in [-0.3, -0.25) is 0 Å². The molecule has 0 unspecified atom stereocenters. The van der Waals surface area contributed by atoms with Gasteiger partial charge in [0, 0.05) is 18.2 Å². The number of rotatable bonds is 1. The number of nitrogens with zero attached hydrogens (tertiary/aromatic N) is 1. The molecule has 1 nitrogen and oxygen atoms in total. The number of benzene rings is 3. The Kier molecular flexibility index (Phi) is 2.78. The molecule has 3 aliphatic carbocycles. The molecule has 1 heteroatoms. The molecule has 0 saturated carbocycles. The predicted molar refractivity (Wildman–Crippen MR) is 111 cm³/mol. The Labute approximate surface area is 161 Å². The van der Waals surface area contributed by atoms with Crippen LogP contribution >= 0.6 is 0 Å². The minimum atomic E-state index is -0.0404. The molecule has 0 aromatic heterocycles. The predicted octanol–water partition coefficient (Wildman–Crippen LogP) is 5.66. The van der Waals surface area contributed by atoms with Crippen molar-refractivity contribution in [3.63, 3.8) is 0 Å². The van der Waals surface area contributed by atoms with E-state index in [0.717, 1.165) is 6.54 Å². The van der Waals surface area contributed by atoms with E-state index >= 15 is 0 Å². The van der Waals surface area contributed by atoms with E-state index in [4.69, 9.17) is 0 Å². The van der Waals surface area contributed by atoms with Crippen molar-refractivity contribution in [2.24, 2.45) is 0 Å². The van der Waals surface area contributed by atoms with Crippen LogP contribution in [0.3, 0.4) is 0 Å². The standard InChI is InChI=1S/C26H23N/c1-25(2)24-16-21-19-12-6-8-14-22(19)26(24,23-15-9-7-13-20(21)23)17-27(25)18-10-4-3-5-11-18/h3-16,21H,17H2,1-2H3. The highest BCUT2D eigenvalue weighted by Crippen LogP contribution is 2.62. The van der Waals surface area contributed by atoms with Gasteiger partial charge in [-0.1, -0.05) is 72.8 Å². The van der Waals surface area contributed by atoms with Crippen molar-refractivity contribution >= 4 is 5.69 Å². The van der Waals surface area contributed by atoms with Crippen LogP contribution in [0.1, 0.15) is 42.0 Å². The van der Waals surface area contributed by atoms with Crippen LogP contribution in [-0.2, 0) is 5.41 Å². The molecule has 1 saturated heterocycles. The highest BCUT2D eigenvalue weighted by Gasteiger charge is 2.60. The molecule has 0 N–H and O–H groups in total. The summed E-state index contributed by atoms with van der Waals surface area (Å²) in [6.45, 7) is 5.79. The molecule has 0 atom stereocenters. The Morgan fingerprint density at radius 1 is 0.741 bits per heavy atom. The highest BCUT2D eigenvalue weighted by atomic mass is 15.2. The Hall–Kier alpha value is -2.80. The van der Waals surface area contributed by atoms with Crippen LogP contribution in [0.25, 0.3) is 0 Å². The van der Waals surface area contributed by atoms with E-state index in [1.54, 1.807) is 5.57 Å². The second kappa shape index (κ2) is 4.92. The smallest absolute Gasteiger partial charge is 0.0615 e. The summed E-state index contributed by atoms with van der Waals surface area (Å²) in [6.07, 6.45) is 2.58. The summed E-state index contributed by atoms with van der Waals surface area (Å²) in [5, 5.41) is 0. The lowest BCUT2D eigenvalue weighted by molar-refractivity contribution is 0.567. The molecule has 132 valence electrons. The number of para-hydroxylation sites is 1. The largest absolute Gasteiger partial charge is 0.361 e. The van der Waals surface area contributed by atoms with Gasteiger partial charge in [-0.15, -0.1) is 0 Å². The average Bonchev–Trinajstić information content (AvgIpc) is 2.98. The molecule has 0 amide bonds. The fourth-order valence-electron chi connectivity index (χ4n) is 5.99. The van der Waals surface area contributed by atoms with E-state index < -0.39 is 0 Å². The van der Waals surface area contributed by atoms with Gasteiger partial charge in [0.1, 0.15) is 0 Å². The molecular formula is C26H23N. The van der Waals surface area contributed by atoms with Gasteiger partial charge in [0.2, 0.25) is 0 Å². The third-order valence-corrected chi connectivity index (χ3v) is 7.10. The Morgan fingerprint density at radius 3 is 1.93 bits per heavy atom.